The van der Waals surface area contributed by atoms with Crippen molar-refractivity contribution >= 4 is 11.9 Å². The maximum Gasteiger partial charge on any atom is 0.373 e. The Labute approximate surface area is 116 Å². The first kappa shape index (κ1) is 12.2. The summed E-state index contributed by atoms with van der Waals surface area (Å²) in [5.74, 6) is -0.737. The van der Waals surface area contributed by atoms with Crippen molar-refractivity contribution in [3.63, 3.8) is 0 Å². The molecule has 0 spiro atoms. The Balaban J connectivity index is 1.98. The van der Waals surface area contributed by atoms with Crippen molar-refractivity contribution in [1.82, 2.24) is 0 Å². The van der Waals surface area contributed by atoms with Gasteiger partial charge >= 0.3 is 11.9 Å². The van der Waals surface area contributed by atoms with E-state index in [1.807, 2.05) is 6.92 Å². The molecule has 4 rings (SSSR count). The molecular formula is C15H18O5. The minimum Gasteiger partial charge on any atom is -0.502 e. The van der Waals surface area contributed by atoms with Crippen molar-refractivity contribution in [1.29, 1.82) is 0 Å². The van der Waals surface area contributed by atoms with Crippen LogP contribution < -0.4 is 0 Å². The van der Waals surface area contributed by atoms with Crippen LogP contribution in [0.4, 0.5) is 0 Å². The zero-order valence-electron chi connectivity index (χ0n) is 11.7. The summed E-state index contributed by atoms with van der Waals surface area (Å²) in [4.78, 5) is 23.6. The zero-order valence-corrected chi connectivity index (χ0v) is 11.7. The Morgan fingerprint density at radius 1 is 1.30 bits per heavy atom. The summed E-state index contributed by atoms with van der Waals surface area (Å²) in [6, 6.07) is 0. The highest BCUT2D eigenvalue weighted by molar-refractivity contribution is 5.89. The molecule has 0 amide bonds. The third-order valence-corrected chi connectivity index (χ3v) is 6.45. The maximum atomic E-state index is 12.0. The molecule has 4 atom stereocenters. The molecule has 20 heavy (non-hydrogen) atoms. The van der Waals surface area contributed by atoms with Gasteiger partial charge in [0.05, 0.1) is 11.8 Å². The van der Waals surface area contributed by atoms with Crippen molar-refractivity contribution in [2.75, 3.05) is 6.61 Å². The van der Waals surface area contributed by atoms with E-state index in [4.69, 9.17) is 9.47 Å². The third kappa shape index (κ3) is 0.980. The SMILES string of the molecule is C[C@@H]1CC[C@]23OC(=O)C[C@]12CC1=C(O)C(=O)OC[C@]13C. The number of carbonyl (C=O) groups is 2. The van der Waals surface area contributed by atoms with Crippen LogP contribution in [-0.2, 0) is 19.1 Å². The Morgan fingerprint density at radius 2 is 2.05 bits per heavy atom. The van der Waals surface area contributed by atoms with E-state index in [1.54, 1.807) is 0 Å². The van der Waals surface area contributed by atoms with E-state index in [0.29, 0.717) is 18.8 Å². The minimum absolute atomic E-state index is 0.159. The second-order valence-electron chi connectivity index (χ2n) is 6.99. The average molecular weight is 278 g/mol. The summed E-state index contributed by atoms with van der Waals surface area (Å²) < 4.78 is 11.0. The lowest BCUT2D eigenvalue weighted by Crippen LogP contribution is -2.53. The number of ether oxygens (including phenoxy) is 2. The fourth-order valence-corrected chi connectivity index (χ4v) is 5.32. The van der Waals surface area contributed by atoms with Gasteiger partial charge in [-0.2, -0.15) is 0 Å². The minimum atomic E-state index is -0.651. The number of carbonyl (C=O) groups excluding carboxylic acids is 2. The first-order chi connectivity index (χ1) is 9.36. The van der Waals surface area contributed by atoms with Crippen LogP contribution in [-0.4, -0.2) is 29.3 Å². The van der Waals surface area contributed by atoms with Gasteiger partial charge in [0, 0.05) is 5.41 Å². The molecular weight excluding hydrogens is 260 g/mol. The van der Waals surface area contributed by atoms with E-state index in [9.17, 15) is 14.7 Å². The quantitative estimate of drug-likeness (QED) is 0.685. The zero-order chi connectivity index (χ0) is 14.3. The lowest BCUT2D eigenvalue weighted by atomic mass is 9.65. The molecule has 5 heteroatoms. The molecule has 1 N–H and O–H groups in total. The van der Waals surface area contributed by atoms with E-state index in [1.165, 1.54) is 0 Å². The lowest BCUT2D eigenvalue weighted by Gasteiger charge is -2.44. The van der Waals surface area contributed by atoms with Crippen molar-refractivity contribution in [3.8, 4) is 0 Å². The molecule has 0 unspecified atom stereocenters. The highest BCUT2D eigenvalue weighted by Crippen LogP contribution is 2.75. The van der Waals surface area contributed by atoms with Gasteiger partial charge in [-0.3, -0.25) is 4.79 Å². The van der Waals surface area contributed by atoms with Crippen LogP contribution in [0.3, 0.4) is 0 Å². The topological polar surface area (TPSA) is 72.8 Å². The van der Waals surface area contributed by atoms with Crippen molar-refractivity contribution in [2.45, 2.75) is 45.1 Å². The highest BCUT2D eigenvalue weighted by atomic mass is 16.6. The number of esters is 2. The van der Waals surface area contributed by atoms with Gasteiger partial charge in [0.25, 0.3) is 0 Å². The summed E-state index contributed by atoms with van der Waals surface area (Å²) in [6.45, 7) is 4.29. The molecule has 0 aromatic heterocycles. The van der Waals surface area contributed by atoms with Crippen LogP contribution >= 0.6 is 0 Å². The molecule has 2 saturated carbocycles. The summed E-state index contributed by atoms with van der Waals surface area (Å²) in [5.41, 5.74) is -0.744. The van der Waals surface area contributed by atoms with Gasteiger partial charge in [-0.25, -0.2) is 4.79 Å². The first-order valence-electron chi connectivity index (χ1n) is 7.18. The Morgan fingerprint density at radius 3 is 2.80 bits per heavy atom. The van der Waals surface area contributed by atoms with Crippen molar-refractivity contribution < 1.29 is 24.2 Å². The summed E-state index contributed by atoms with van der Waals surface area (Å²) in [5, 5.41) is 10.1. The van der Waals surface area contributed by atoms with E-state index >= 15 is 0 Å². The predicted octanol–water partition coefficient (Wildman–Crippen LogP) is 1.87. The molecule has 2 aliphatic heterocycles. The smallest absolute Gasteiger partial charge is 0.373 e. The van der Waals surface area contributed by atoms with Gasteiger partial charge in [0.1, 0.15) is 12.2 Å². The number of cyclic esters (lactones) is 1. The van der Waals surface area contributed by atoms with Gasteiger partial charge < -0.3 is 14.6 Å². The molecule has 0 radical (unpaired) electrons. The van der Waals surface area contributed by atoms with Crippen LogP contribution in [0.2, 0.25) is 0 Å². The van der Waals surface area contributed by atoms with Crippen LogP contribution in [0.1, 0.15) is 39.5 Å². The third-order valence-electron chi connectivity index (χ3n) is 6.45. The van der Waals surface area contributed by atoms with Crippen molar-refractivity contribution in [3.05, 3.63) is 11.3 Å². The molecule has 0 bridgehead atoms. The van der Waals surface area contributed by atoms with Crippen LogP contribution in [0.25, 0.3) is 0 Å². The van der Waals surface area contributed by atoms with E-state index in [2.05, 4.69) is 6.92 Å². The molecule has 2 heterocycles. The lowest BCUT2D eigenvalue weighted by molar-refractivity contribution is -0.171. The fraction of sp³-hybridized carbons (Fsp3) is 0.733. The van der Waals surface area contributed by atoms with Gasteiger partial charge in [-0.15, -0.1) is 0 Å². The monoisotopic (exact) mass is 278 g/mol. The second kappa shape index (κ2) is 3.21. The molecule has 1 saturated heterocycles. The molecule has 2 aliphatic carbocycles. The largest absolute Gasteiger partial charge is 0.502 e. The van der Waals surface area contributed by atoms with E-state index in [0.717, 1.165) is 18.4 Å². The molecule has 5 nitrogen and oxygen atoms in total. The first-order valence-corrected chi connectivity index (χ1v) is 7.18. The van der Waals surface area contributed by atoms with Gasteiger partial charge in [0.15, 0.2) is 0 Å². The number of hydrogen-bond acceptors (Lipinski definition) is 5. The Hall–Kier alpha value is -1.52. The van der Waals surface area contributed by atoms with E-state index < -0.39 is 17.0 Å². The van der Waals surface area contributed by atoms with Gasteiger partial charge in [-0.1, -0.05) is 6.92 Å². The predicted molar refractivity (Wildman–Crippen MR) is 67.6 cm³/mol. The Kier molecular flexibility index (Phi) is 1.96. The standard InChI is InChI=1S/C15H18O5/c1-8-3-4-15-13(2)7-19-12(18)11(17)9(13)5-14(8,15)6-10(16)20-15/h8,17H,3-7H2,1-2H3/t8-,13-,14-,15-/m1/s1. The van der Waals surface area contributed by atoms with Crippen LogP contribution in [0, 0.1) is 16.7 Å². The molecule has 0 aromatic carbocycles. The second-order valence-corrected chi connectivity index (χ2v) is 6.99. The Bertz CT molecular complexity index is 579. The average Bonchev–Trinajstić information content (AvgIpc) is 2.90. The normalized spacial score (nSPS) is 49.6. The summed E-state index contributed by atoms with van der Waals surface area (Å²) >= 11 is 0. The highest BCUT2D eigenvalue weighted by Gasteiger charge is 2.79. The van der Waals surface area contributed by atoms with Crippen LogP contribution in [0.5, 0.6) is 0 Å². The summed E-state index contributed by atoms with van der Waals surface area (Å²) in [7, 11) is 0. The molecule has 0 aromatic rings. The molecule has 3 fully saturated rings. The fourth-order valence-electron chi connectivity index (χ4n) is 5.32. The number of rotatable bonds is 0. The van der Waals surface area contributed by atoms with Gasteiger partial charge in [-0.05, 0) is 37.7 Å². The number of aliphatic hydroxyl groups excluding tert-OH is 1. The number of fused-ring (bicyclic) bond motifs is 1. The van der Waals surface area contributed by atoms with Crippen molar-refractivity contribution in [2.24, 2.45) is 16.7 Å². The maximum absolute atomic E-state index is 12.0. The molecule has 108 valence electrons. The van der Waals surface area contributed by atoms with Gasteiger partial charge in [0.2, 0.25) is 5.76 Å². The number of hydrogen-bond donors (Lipinski definition) is 1. The van der Waals surface area contributed by atoms with Crippen LogP contribution in [0.15, 0.2) is 11.3 Å². The number of aliphatic hydroxyl groups is 1. The summed E-state index contributed by atoms with van der Waals surface area (Å²) in [6.07, 6.45) is 2.74. The van der Waals surface area contributed by atoms with E-state index in [-0.39, 0.29) is 23.8 Å². The molecule has 4 aliphatic rings.